The number of hydrogen-bond donors (Lipinski definition) is 2. The Bertz CT molecular complexity index is 1190. The summed E-state index contributed by atoms with van der Waals surface area (Å²) in [6.45, 7) is 6.80. The number of non-ortho nitro benzene ring substituents is 1. The first kappa shape index (κ1) is 25.3. The topological polar surface area (TPSA) is 121 Å². The zero-order chi connectivity index (χ0) is 24.9. The first-order valence-electron chi connectivity index (χ1n) is 10.6. The molecule has 2 aromatic carbocycles. The Kier molecular flexibility index (Phi) is 8.00. The molecule has 2 N–H and O–H groups in total. The van der Waals surface area contributed by atoms with E-state index in [4.69, 9.17) is 14.5 Å². The lowest BCUT2D eigenvalue weighted by Gasteiger charge is -2.20. The van der Waals surface area contributed by atoms with Crippen LogP contribution in [0.25, 0.3) is 11.0 Å². The number of thioether (sulfide) groups is 1. The summed E-state index contributed by atoms with van der Waals surface area (Å²) in [5.74, 6) is 1.01. The number of carbonyl (C=O) groups excluding carboxylic acids is 1. The first-order valence-corrected chi connectivity index (χ1v) is 11.6. The van der Waals surface area contributed by atoms with Gasteiger partial charge < -0.3 is 24.7 Å². The molecule has 0 unspecified atom stereocenters. The lowest BCUT2D eigenvalue weighted by atomic mass is 10.1. The number of nitrogens with zero attached hydrogens (tertiary/aromatic N) is 3. The Morgan fingerprint density at radius 3 is 2.62 bits per heavy atom. The van der Waals surface area contributed by atoms with Crippen LogP contribution in [0.15, 0.2) is 41.6 Å². The number of hydrogen-bond acceptors (Lipinski definition) is 7. The number of amides is 2. The molecule has 0 aliphatic heterocycles. The van der Waals surface area contributed by atoms with Gasteiger partial charge in [-0.05, 0) is 45.0 Å². The molecule has 0 aliphatic rings. The molecule has 0 atom stereocenters. The first-order chi connectivity index (χ1) is 16.1. The van der Waals surface area contributed by atoms with Gasteiger partial charge in [0, 0.05) is 48.3 Å². The van der Waals surface area contributed by atoms with E-state index in [0.29, 0.717) is 35.9 Å². The molecule has 0 saturated heterocycles. The Hall–Kier alpha value is -3.31. The van der Waals surface area contributed by atoms with Gasteiger partial charge in [0.1, 0.15) is 5.75 Å². The number of aromatic nitrogens is 2. The molecular formula is C23H29N5O5S. The third-order valence-corrected chi connectivity index (χ3v) is 5.84. The van der Waals surface area contributed by atoms with Crippen molar-refractivity contribution in [3.8, 4) is 5.75 Å². The predicted molar refractivity (Wildman–Crippen MR) is 133 cm³/mol. The van der Waals surface area contributed by atoms with E-state index in [-0.39, 0.29) is 17.3 Å². The number of anilines is 1. The van der Waals surface area contributed by atoms with E-state index in [0.717, 1.165) is 16.2 Å². The number of fused-ring (bicyclic) bond motifs is 1. The molecule has 11 heteroatoms. The van der Waals surface area contributed by atoms with Gasteiger partial charge in [0.05, 0.1) is 29.7 Å². The molecule has 2 amide bonds. The molecule has 0 radical (unpaired) electrons. The Morgan fingerprint density at radius 2 is 1.97 bits per heavy atom. The standard InChI is InChI=1S/C23H29N5O5S/c1-23(2,3)26-21(29)24-16-6-8-19-18(13-16)25-22(27(19)10-11-32-4)34-14-15-12-17(28(30)31)7-9-20(15)33-5/h6-9,12-13H,10-11,14H2,1-5H3,(H2,24,26,29). The molecule has 0 bridgehead atoms. The van der Waals surface area contributed by atoms with E-state index in [1.54, 1.807) is 13.2 Å². The fourth-order valence-electron chi connectivity index (χ4n) is 3.33. The highest BCUT2D eigenvalue weighted by Gasteiger charge is 2.17. The van der Waals surface area contributed by atoms with Crippen LogP contribution in [0, 0.1) is 10.1 Å². The molecule has 0 fully saturated rings. The van der Waals surface area contributed by atoms with Gasteiger partial charge in [-0.25, -0.2) is 9.78 Å². The van der Waals surface area contributed by atoms with Crippen molar-refractivity contribution in [1.29, 1.82) is 0 Å². The van der Waals surface area contributed by atoms with E-state index in [1.807, 2.05) is 43.5 Å². The van der Waals surface area contributed by atoms with Crippen LogP contribution in [0.4, 0.5) is 16.2 Å². The Morgan fingerprint density at radius 1 is 1.21 bits per heavy atom. The van der Waals surface area contributed by atoms with Crippen LogP contribution >= 0.6 is 11.8 Å². The number of methoxy groups -OCH3 is 2. The monoisotopic (exact) mass is 487 g/mol. The van der Waals surface area contributed by atoms with Gasteiger partial charge in [-0.15, -0.1) is 0 Å². The van der Waals surface area contributed by atoms with Crippen molar-refractivity contribution in [2.45, 2.75) is 43.8 Å². The highest BCUT2D eigenvalue weighted by molar-refractivity contribution is 7.98. The minimum atomic E-state index is -0.425. The van der Waals surface area contributed by atoms with E-state index >= 15 is 0 Å². The summed E-state index contributed by atoms with van der Waals surface area (Å²) >= 11 is 1.45. The second-order valence-electron chi connectivity index (χ2n) is 8.61. The quantitative estimate of drug-likeness (QED) is 0.252. The normalized spacial score (nSPS) is 11.4. The van der Waals surface area contributed by atoms with Crippen molar-refractivity contribution < 1.29 is 19.2 Å². The van der Waals surface area contributed by atoms with Crippen LogP contribution in [0.5, 0.6) is 5.75 Å². The molecule has 3 aromatic rings. The third-order valence-electron chi connectivity index (χ3n) is 4.81. The summed E-state index contributed by atoms with van der Waals surface area (Å²) in [6, 6.07) is 9.80. The number of nitro benzene ring substituents is 1. The lowest BCUT2D eigenvalue weighted by Crippen LogP contribution is -2.43. The van der Waals surface area contributed by atoms with Crippen molar-refractivity contribution in [3.63, 3.8) is 0 Å². The van der Waals surface area contributed by atoms with Crippen LogP contribution in [0.3, 0.4) is 0 Å². The van der Waals surface area contributed by atoms with E-state index < -0.39 is 4.92 Å². The second-order valence-corrected chi connectivity index (χ2v) is 9.56. The molecule has 1 heterocycles. The third kappa shape index (κ3) is 6.39. The molecular weight excluding hydrogens is 458 g/mol. The molecule has 0 aliphatic carbocycles. The number of urea groups is 1. The summed E-state index contributed by atoms with van der Waals surface area (Å²) < 4.78 is 12.7. The second kappa shape index (κ2) is 10.7. The van der Waals surface area contributed by atoms with Crippen molar-refractivity contribution in [2.75, 3.05) is 26.1 Å². The van der Waals surface area contributed by atoms with Crippen LogP contribution in [-0.2, 0) is 17.0 Å². The zero-order valence-corrected chi connectivity index (χ0v) is 20.7. The predicted octanol–water partition coefficient (Wildman–Crippen LogP) is 4.81. The van der Waals surface area contributed by atoms with Crippen molar-refractivity contribution in [3.05, 3.63) is 52.1 Å². The lowest BCUT2D eigenvalue weighted by molar-refractivity contribution is -0.384. The van der Waals surface area contributed by atoms with Crippen molar-refractivity contribution in [1.82, 2.24) is 14.9 Å². The zero-order valence-electron chi connectivity index (χ0n) is 19.9. The fraction of sp³-hybridized carbons (Fsp3) is 0.391. The highest BCUT2D eigenvalue weighted by Crippen LogP contribution is 2.32. The summed E-state index contributed by atoms with van der Waals surface area (Å²) in [6.07, 6.45) is 0. The van der Waals surface area contributed by atoms with E-state index in [2.05, 4.69) is 10.6 Å². The molecule has 0 spiro atoms. The van der Waals surface area contributed by atoms with Gasteiger partial charge in [0.25, 0.3) is 5.69 Å². The van der Waals surface area contributed by atoms with Gasteiger partial charge in [0.15, 0.2) is 5.16 Å². The number of nitro groups is 1. The molecule has 10 nitrogen and oxygen atoms in total. The SMILES string of the molecule is COCCn1c(SCc2cc([N+](=O)[O-])ccc2OC)nc2cc(NC(=O)NC(C)(C)C)ccc21. The van der Waals surface area contributed by atoms with Crippen LogP contribution in [0.2, 0.25) is 0 Å². The highest BCUT2D eigenvalue weighted by atomic mass is 32.2. The van der Waals surface area contributed by atoms with Gasteiger partial charge in [-0.2, -0.15) is 0 Å². The van der Waals surface area contributed by atoms with Crippen molar-refractivity contribution in [2.24, 2.45) is 0 Å². The summed E-state index contributed by atoms with van der Waals surface area (Å²) in [5.41, 5.74) is 2.60. The summed E-state index contributed by atoms with van der Waals surface area (Å²) in [7, 11) is 3.17. The average Bonchev–Trinajstić information content (AvgIpc) is 3.11. The van der Waals surface area contributed by atoms with Crippen LogP contribution in [-0.4, -0.2) is 46.9 Å². The number of rotatable bonds is 9. The number of benzene rings is 2. The maximum atomic E-state index is 12.2. The fourth-order valence-corrected chi connectivity index (χ4v) is 4.35. The number of nitrogens with one attached hydrogen (secondary N) is 2. The molecule has 3 rings (SSSR count). The van der Waals surface area contributed by atoms with Crippen LogP contribution in [0.1, 0.15) is 26.3 Å². The van der Waals surface area contributed by atoms with Crippen molar-refractivity contribution >= 4 is 40.2 Å². The summed E-state index contributed by atoms with van der Waals surface area (Å²) in [4.78, 5) is 27.8. The van der Waals surface area contributed by atoms with Gasteiger partial charge in [-0.1, -0.05) is 11.8 Å². The minimum absolute atomic E-state index is 0.00790. The smallest absolute Gasteiger partial charge is 0.319 e. The Balaban J connectivity index is 1.88. The molecule has 182 valence electrons. The number of ether oxygens (including phenoxy) is 2. The van der Waals surface area contributed by atoms with Gasteiger partial charge in [0.2, 0.25) is 0 Å². The van der Waals surface area contributed by atoms with E-state index in [9.17, 15) is 14.9 Å². The molecule has 0 saturated carbocycles. The average molecular weight is 488 g/mol. The maximum absolute atomic E-state index is 12.2. The molecule has 34 heavy (non-hydrogen) atoms. The van der Waals surface area contributed by atoms with Crippen LogP contribution < -0.4 is 15.4 Å². The molecule has 1 aromatic heterocycles. The Labute approximate surface area is 202 Å². The van der Waals surface area contributed by atoms with E-state index in [1.165, 1.54) is 31.0 Å². The van der Waals surface area contributed by atoms with Gasteiger partial charge in [-0.3, -0.25) is 10.1 Å². The maximum Gasteiger partial charge on any atom is 0.319 e. The largest absolute Gasteiger partial charge is 0.496 e. The summed E-state index contributed by atoms with van der Waals surface area (Å²) in [5, 5.41) is 17.6. The number of imidazole rings is 1. The number of carbonyl (C=O) groups is 1. The van der Waals surface area contributed by atoms with Gasteiger partial charge >= 0.3 is 6.03 Å². The minimum Gasteiger partial charge on any atom is -0.496 e.